The van der Waals surface area contributed by atoms with E-state index in [1.54, 1.807) is 6.92 Å². The highest BCUT2D eigenvalue weighted by molar-refractivity contribution is 7.71. The van der Waals surface area contributed by atoms with Gasteiger partial charge in [0, 0.05) is 13.0 Å². The minimum Gasteiger partial charge on any atom is -0.429 e. The minimum absolute atomic E-state index is 0.155. The van der Waals surface area contributed by atoms with Crippen molar-refractivity contribution >= 4 is 29.1 Å². The van der Waals surface area contributed by atoms with Crippen LogP contribution in [0.1, 0.15) is 13.3 Å². The maximum Gasteiger partial charge on any atom is 0.269 e. The number of ketones is 1. The Morgan fingerprint density at radius 1 is 1.47 bits per heavy atom. The molecule has 0 bridgehead atoms. The monoisotopic (exact) mass is 221 g/mol. The molecule has 0 radical (unpaired) electrons. The Morgan fingerprint density at radius 3 is 2.93 bits per heavy atom. The molecule has 0 saturated heterocycles. The molecular formula is C11H11NO2S. The Balaban J connectivity index is 2.45. The fourth-order valence-corrected chi connectivity index (χ4v) is 1.77. The van der Waals surface area contributed by atoms with Gasteiger partial charge in [-0.15, -0.1) is 0 Å². The van der Waals surface area contributed by atoms with E-state index in [2.05, 4.69) is 0 Å². The number of para-hydroxylation sites is 2. The number of rotatable bonds is 3. The second-order valence-corrected chi connectivity index (χ2v) is 3.79. The fraction of sp³-hybridized carbons (Fsp3) is 0.273. The van der Waals surface area contributed by atoms with E-state index in [9.17, 15) is 4.79 Å². The molecule has 0 aliphatic heterocycles. The van der Waals surface area contributed by atoms with Crippen LogP contribution in [-0.2, 0) is 11.3 Å². The molecule has 2 aromatic rings. The van der Waals surface area contributed by atoms with Crippen molar-refractivity contribution in [3.8, 4) is 0 Å². The normalized spacial score (nSPS) is 10.7. The van der Waals surface area contributed by atoms with Gasteiger partial charge in [0.15, 0.2) is 5.58 Å². The average molecular weight is 221 g/mol. The number of benzene rings is 1. The van der Waals surface area contributed by atoms with Gasteiger partial charge in [0.25, 0.3) is 4.84 Å². The molecule has 0 spiro atoms. The third kappa shape index (κ3) is 1.99. The SMILES string of the molecule is CC(=O)CCn1c(=S)oc2ccccc21. The lowest BCUT2D eigenvalue weighted by atomic mass is 10.3. The molecule has 0 saturated carbocycles. The van der Waals surface area contributed by atoms with Crippen molar-refractivity contribution in [1.29, 1.82) is 0 Å². The second kappa shape index (κ2) is 3.98. The molecule has 0 aliphatic rings. The number of nitrogens with zero attached hydrogens (tertiary/aromatic N) is 1. The van der Waals surface area contributed by atoms with Gasteiger partial charge in [-0.25, -0.2) is 0 Å². The maximum absolute atomic E-state index is 10.9. The predicted molar refractivity (Wildman–Crippen MR) is 60.3 cm³/mol. The minimum atomic E-state index is 0.155. The first kappa shape index (κ1) is 10.1. The Hall–Kier alpha value is -1.42. The lowest BCUT2D eigenvalue weighted by Gasteiger charge is -1.99. The first-order chi connectivity index (χ1) is 7.18. The van der Waals surface area contributed by atoms with E-state index in [1.165, 1.54) is 0 Å². The average Bonchev–Trinajstić information content (AvgIpc) is 2.50. The molecule has 0 amide bonds. The third-order valence-corrected chi connectivity index (χ3v) is 2.56. The summed E-state index contributed by atoms with van der Waals surface area (Å²) >= 11 is 5.09. The zero-order chi connectivity index (χ0) is 10.8. The van der Waals surface area contributed by atoms with Crippen LogP contribution in [0, 0.1) is 4.84 Å². The zero-order valence-corrected chi connectivity index (χ0v) is 9.21. The standard InChI is InChI=1S/C11H11NO2S/c1-8(13)6-7-12-9-4-2-3-5-10(9)14-11(12)15/h2-5H,6-7H2,1H3. The van der Waals surface area contributed by atoms with Crippen LogP contribution in [-0.4, -0.2) is 10.4 Å². The maximum atomic E-state index is 10.9. The lowest BCUT2D eigenvalue weighted by Crippen LogP contribution is -2.02. The Bertz CT molecular complexity index is 553. The largest absolute Gasteiger partial charge is 0.429 e. The topological polar surface area (TPSA) is 35.1 Å². The van der Waals surface area contributed by atoms with Gasteiger partial charge in [-0.2, -0.15) is 0 Å². The zero-order valence-electron chi connectivity index (χ0n) is 8.40. The molecule has 0 atom stereocenters. The van der Waals surface area contributed by atoms with Crippen LogP contribution in [0.3, 0.4) is 0 Å². The van der Waals surface area contributed by atoms with Crippen molar-refractivity contribution in [2.45, 2.75) is 19.9 Å². The van der Waals surface area contributed by atoms with Crippen LogP contribution in [0.25, 0.3) is 11.1 Å². The summed E-state index contributed by atoms with van der Waals surface area (Å²) in [6, 6.07) is 7.64. The van der Waals surface area contributed by atoms with Crippen LogP contribution in [0.15, 0.2) is 28.7 Å². The highest BCUT2D eigenvalue weighted by Gasteiger charge is 2.05. The molecule has 0 aliphatic carbocycles. The number of carbonyl (C=O) groups excluding carboxylic acids is 1. The molecule has 0 fully saturated rings. The van der Waals surface area contributed by atoms with E-state index >= 15 is 0 Å². The summed E-state index contributed by atoms with van der Waals surface area (Å²) in [5.41, 5.74) is 1.72. The fourth-order valence-electron chi connectivity index (χ4n) is 1.49. The Kier molecular flexibility index (Phi) is 2.68. The summed E-state index contributed by atoms with van der Waals surface area (Å²) in [6.07, 6.45) is 0.484. The summed E-state index contributed by atoms with van der Waals surface area (Å²) in [5, 5.41) is 0. The smallest absolute Gasteiger partial charge is 0.269 e. The van der Waals surface area contributed by atoms with Crippen molar-refractivity contribution in [2.24, 2.45) is 0 Å². The lowest BCUT2D eigenvalue weighted by molar-refractivity contribution is -0.117. The van der Waals surface area contributed by atoms with Crippen LogP contribution >= 0.6 is 12.2 Å². The van der Waals surface area contributed by atoms with Crippen molar-refractivity contribution in [1.82, 2.24) is 4.57 Å². The van der Waals surface area contributed by atoms with Crippen LogP contribution in [0.5, 0.6) is 0 Å². The molecule has 3 nitrogen and oxygen atoms in total. The van der Waals surface area contributed by atoms with E-state index in [0.29, 0.717) is 17.8 Å². The first-order valence-corrected chi connectivity index (χ1v) is 5.17. The number of aromatic nitrogens is 1. The van der Waals surface area contributed by atoms with E-state index in [-0.39, 0.29) is 5.78 Å². The molecule has 0 N–H and O–H groups in total. The highest BCUT2D eigenvalue weighted by atomic mass is 32.1. The van der Waals surface area contributed by atoms with E-state index < -0.39 is 0 Å². The molecule has 2 rings (SSSR count). The molecular weight excluding hydrogens is 210 g/mol. The third-order valence-electron chi connectivity index (χ3n) is 2.26. The highest BCUT2D eigenvalue weighted by Crippen LogP contribution is 2.17. The van der Waals surface area contributed by atoms with Gasteiger partial charge in [0.1, 0.15) is 5.78 Å². The number of oxazole rings is 1. The summed E-state index contributed by atoms with van der Waals surface area (Å²) < 4.78 is 7.25. The molecule has 4 heteroatoms. The van der Waals surface area contributed by atoms with Crippen LogP contribution in [0.4, 0.5) is 0 Å². The molecule has 78 valence electrons. The van der Waals surface area contributed by atoms with Gasteiger partial charge in [0.2, 0.25) is 0 Å². The number of Topliss-reactive ketones (excluding diaryl/α,β-unsaturated/α-hetero) is 1. The number of hydrogen-bond donors (Lipinski definition) is 0. The van der Waals surface area contributed by atoms with E-state index in [4.69, 9.17) is 16.6 Å². The summed E-state index contributed by atoms with van der Waals surface area (Å²) in [7, 11) is 0. The van der Waals surface area contributed by atoms with Crippen molar-refractivity contribution in [3.63, 3.8) is 0 Å². The summed E-state index contributed by atoms with van der Waals surface area (Å²) in [6.45, 7) is 2.16. The van der Waals surface area contributed by atoms with Gasteiger partial charge in [-0.1, -0.05) is 12.1 Å². The summed E-state index contributed by atoms with van der Waals surface area (Å²) in [5.74, 6) is 0.155. The second-order valence-electron chi connectivity index (χ2n) is 3.44. The first-order valence-electron chi connectivity index (χ1n) is 4.76. The van der Waals surface area contributed by atoms with Crippen LogP contribution in [0.2, 0.25) is 0 Å². The number of aryl methyl sites for hydroxylation is 1. The molecule has 1 aromatic heterocycles. The number of fused-ring (bicyclic) bond motifs is 1. The Labute approximate surface area is 92.3 Å². The number of carbonyl (C=O) groups is 1. The summed E-state index contributed by atoms with van der Waals surface area (Å²) in [4.78, 5) is 11.3. The molecule has 15 heavy (non-hydrogen) atoms. The molecule has 1 aromatic carbocycles. The van der Waals surface area contributed by atoms with Crippen molar-refractivity contribution < 1.29 is 9.21 Å². The van der Waals surface area contributed by atoms with Crippen molar-refractivity contribution in [3.05, 3.63) is 29.1 Å². The van der Waals surface area contributed by atoms with Crippen LogP contribution < -0.4 is 0 Å². The van der Waals surface area contributed by atoms with Gasteiger partial charge in [0.05, 0.1) is 5.52 Å². The van der Waals surface area contributed by atoms with E-state index in [0.717, 1.165) is 11.1 Å². The quantitative estimate of drug-likeness (QED) is 0.747. The number of hydrogen-bond acceptors (Lipinski definition) is 3. The predicted octanol–water partition coefficient (Wildman–Crippen LogP) is 2.94. The van der Waals surface area contributed by atoms with Crippen molar-refractivity contribution in [2.75, 3.05) is 0 Å². The molecule has 0 unspecified atom stereocenters. The van der Waals surface area contributed by atoms with Gasteiger partial charge >= 0.3 is 0 Å². The van der Waals surface area contributed by atoms with E-state index in [1.807, 2.05) is 28.8 Å². The Morgan fingerprint density at radius 2 is 2.20 bits per heavy atom. The van der Waals surface area contributed by atoms with Gasteiger partial charge < -0.3 is 4.42 Å². The molecule has 1 heterocycles. The van der Waals surface area contributed by atoms with Gasteiger partial charge in [-0.05, 0) is 31.3 Å². The van der Waals surface area contributed by atoms with Gasteiger partial charge in [-0.3, -0.25) is 9.36 Å².